The molecule has 3 aromatic carbocycles. The monoisotopic (exact) mass is 502 g/mol. The third-order valence-corrected chi connectivity index (χ3v) is 7.52. The van der Waals surface area contributed by atoms with Gasteiger partial charge in [-0.2, -0.15) is 0 Å². The first-order chi connectivity index (χ1) is 17.9. The molecule has 1 fully saturated rings. The van der Waals surface area contributed by atoms with Gasteiger partial charge in [0.15, 0.2) is 0 Å². The maximum atomic E-state index is 14.9. The molecule has 1 aliphatic carbocycles. The molecule has 1 saturated carbocycles. The van der Waals surface area contributed by atoms with Crippen molar-refractivity contribution in [3.63, 3.8) is 0 Å². The van der Waals surface area contributed by atoms with Crippen LogP contribution in [0.3, 0.4) is 0 Å². The van der Waals surface area contributed by atoms with Gasteiger partial charge in [0, 0.05) is 5.56 Å². The SMILES string of the molecule is C/C=C/CCC1CCC(OC(=O)c2ccc(-c3cc(F)c(C[C@H](C)c4ccccc4)c(F)c3)cc2)CC1. The molecule has 0 aliphatic heterocycles. The summed E-state index contributed by atoms with van der Waals surface area (Å²) in [6.07, 6.45) is 10.8. The fraction of sp³-hybridized carbons (Fsp3) is 0.364. The first-order valence-electron chi connectivity index (χ1n) is 13.4. The van der Waals surface area contributed by atoms with Gasteiger partial charge in [0.1, 0.15) is 17.7 Å². The number of halogens is 2. The van der Waals surface area contributed by atoms with E-state index in [4.69, 9.17) is 4.74 Å². The quantitative estimate of drug-likeness (QED) is 0.215. The summed E-state index contributed by atoms with van der Waals surface area (Å²) in [4.78, 5) is 12.7. The van der Waals surface area contributed by atoms with Crippen LogP contribution in [0, 0.1) is 17.6 Å². The Labute approximate surface area is 219 Å². The molecule has 4 heteroatoms. The second kappa shape index (κ2) is 12.8. The fourth-order valence-electron chi connectivity index (χ4n) is 5.23. The Morgan fingerprint density at radius 2 is 1.59 bits per heavy atom. The number of allylic oxidation sites excluding steroid dienone is 2. The topological polar surface area (TPSA) is 26.3 Å². The van der Waals surface area contributed by atoms with Gasteiger partial charge in [0.2, 0.25) is 0 Å². The predicted octanol–water partition coefficient (Wildman–Crippen LogP) is 9.05. The zero-order valence-electron chi connectivity index (χ0n) is 21.8. The number of benzene rings is 3. The van der Waals surface area contributed by atoms with Gasteiger partial charge in [-0.05, 0) is 105 Å². The first kappa shape index (κ1) is 26.8. The van der Waals surface area contributed by atoms with E-state index in [-0.39, 0.29) is 30.0 Å². The van der Waals surface area contributed by atoms with Gasteiger partial charge in [-0.3, -0.25) is 0 Å². The number of esters is 1. The molecule has 0 spiro atoms. The molecule has 0 bridgehead atoms. The molecule has 2 nitrogen and oxygen atoms in total. The maximum Gasteiger partial charge on any atom is 0.338 e. The summed E-state index contributed by atoms with van der Waals surface area (Å²) in [7, 11) is 0. The van der Waals surface area contributed by atoms with Crippen molar-refractivity contribution in [1.82, 2.24) is 0 Å². The molecule has 0 unspecified atom stereocenters. The van der Waals surface area contributed by atoms with Crippen molar-refractivity contribution in [2.24, 2.45) is 5.92 Å². The van der Waals surface area contributed by atoms with Crippen molar-refractivity contribution in [1.29, 1.82) is 0 Å². The summed E-state index contributed by atoms with van der Waals surface area (Å²) in [6.45, 7) is 4.01. The molecular weight excluding hydrogens is 466 g/mol. The second-order valence-corrected chi connectivity index (χ2v) is 10.2. The highest BCUT2D eigenvalue weighted by Gasteiger charge is 2.24. The van der Waals surface area contributed by atoms with Gasteiger partial charge in [-0.1, -0.05) is 61.5 Å². The summed E-state index contributed by atoms with van der Waals surface area (Å²) in [5.74, 6) is -0.745. The van der Waals surface area contributed by atoms with Gasteiger partial charge in [0.05, 0.1) is 5.56 Å². The number of carbonyl (C=O) groups is 1. The average Bonchev–Trinajstić information content (AvgIpc) is 2.92. The Bertz CT molecular complexity index is 1170. The summed E-state index contributed by atoms with van der Waals surface area (Å²) in [6, 6.07) is 19.2. The van der Waals surface area contributed by atoms with Crippen LogP contribution >= 0.6 is 0 Å². The molecule has 0 aromatic heterocycles. The minimum absolute atomic E-state index is 0.00499. The van der Waals surface area contributed by atoms with Crippen molar-refractivity contribution in [3.05, 3.63) is 107 Å². The predicted molar refractivity (Wildman–Crippen MR) is 146 cm³/mol. The minimum atomic E-state index is -0.553. The average molecular weight is 503 g/mol. The summed E-state index contributed by atoms with van der Waals surface area (Å²) in [5, 5.41) is 0. The third-order valence-electron chi connectivity index (χ3n) is 7.52. The van der Waals surface area contributed by atoms with E-state index in [1.165, 1.54) is 18.6 Å². The Balaban J connectivity index is 1.35. The smallest absolute Gasteiger partial charge is 0.338 e. The molecule has 0 N–H and O–H groups in total. The van der Waals surface area contributed by atoms with Crippen molar-refractivity contribution < 1.29 is 18.3 Å². The van der Waals surface area contributed by atoms with E-state index < -0.39 is 11.6 Å². The maximum absolute atomic E-state index is 14.9. The molecule has 194 valence electrons. The lowest BCUT2D eigenvalue weighted by atomic mass is 9.84. The highest BCUT2D eigenvalue weighted by Crippen LogP contribution is 2.31. The summed E-state index contributed by atoms with van der Waals surface area (Å²) >= 11 is 0. The van der Waals surface area contributed by atoms with Crippen LogP contribution in [0.1, 0.15) is 79.8 Å². The highest BCUT2D eigenvalue weighted by molar-refractivity contribution is 5.90. The lowest BCUT2D eigenvalue weighted by molar-refractivity contribution is 0.0162. The van der Waals surface area contributed by atoms with Crippen LogP contribution in [0.25, 0.3) is 11.1 Å². The van der Waals surface area contributed by atoms with E-state index >= 15 is 0 Å². The van der Waals surface area contributed by atoms with Gasteiger partial charge in [0.25, 0.3) is 0 Å². The fourth-order valence-corrected chi connectivity index (χ4v) is 5.23. The van der Waals surface area contributed by atoms with Crippen LogP contribution in [0.2, 0.25) is 0 Å². The Hall–Kier alpha value is -3.27. The van der Waals surface area contributed by atoms with E-state index in [1.807, 2.05) is 44.2 Å². The van der Waals surface area contributed by atoms with Crippen molar-refractivity contribution in [3.8, 4) is 11.1 Å². The van der Waals surface area contributed by atoms with E-state index in [1.54, 1.807) is 24.3 Å². The number of carbonyl (C=O) groups excluding carboxylic acids is 1. The van der Waals surface area contributed by atoms with Gasteiger partial charge >= 0.3 is 5.97 Å². The van der Waals surface area contributed by atoms with E-state index in [9.17, 15) is 13.6 Å². The van der Waals surface area contributed by atoms with Crippen LogP contribution in [-0.2, 0) is 11.2 Å². The summed E-state index contributed by atoms with van der Waals surface area (Å²) in [5.41, 5.74) is 2.69. The van der Waals surface area contributed by atoms with Crippen molar-refractivity contribution in [2.45, 2.75) is 70.8 Å². The number of hydrogen-bond donors (Lipinski definition) is 0. The highest BCUT2D eigenvalue weighted by atomic mass is 19.1. The van der Waals surface area contributed by atoms with Crippen LogP contribution in [-0.4, -0.2) is 12.1 Å². The molecule has 0 saturated heterocycles. The number of rotatable bonds is 9. The third kappa shape index (κ3) is 7.15. The van der Waals surface area contributed by atoms with E-state index in [0.29, 0.717) is 22.6 Å². The molecule has 0 heterocycles. The Morgan fingerprint density at radius 3 is 2.22 bits per heavy atom. The largest absolute Gasteiger partial charge is 0.459 e. The van der Waals surface area contributed by atoms with Crippen LogP contribution in [0.5, 0.6) is 0 Å². The molecule has 0 amide bonds. The normalized spacial score (nSPS) is 18.6. The standard InChI is InChI=1S/C33H36F2O2/c1-3-4-6-9-24-12-18-29(19-13-24)37-33(36)27-16-14-26(15-17-27)28-21-31(34)30(32(35)22-28)20-23(2)25-10-7-5-8-11-25/h3-5,7-8,10-11,14-17,21-24,29H,6,9,12-13,18-20H2,1-2H3/b4-3+/t23-,24?,29?/m0/s1. The second-order valence-electron chi connectivity index (χ2n) is 10.2. The van der Waals surface area contributed by atoms with Gasteiger partial charge in [-0.15, -0.1) is 0 Å². The molecular formula is C33H36F2O2. The lowest BCUT2D eigenvalue weighted by Crippen LogP contribution is -2.24. The van der Waals surface area contributed by atoms with Gasteiger partial charge in [-0.25, -0.2) is 13.6 Å². The van der Waals surface area contributed by atoms with Crippen LogP contribution in [0.15, 0.2) is 78.9 Å². The Morgan fingerprint density at radius 1 is 0.946 bits per heavy atom. The van der Waals surface area contributed by atoms with E-state index in [2.05, 4.69) is 12.2 Å². The molecule has 3 aromatic rings. The van der Waals surface area contributed by atoms with Crippen molar-refractivity contribution >= 4 is 5.97 Å². The molecule has 1 atom stereocenters. The van der Waals surface area contributed by atoms with E-state index in [0.717, 1.165) is 37.7 Å². The first-order valence-corrected chi connectivity index (χ1v) is 13.4. The van der Waals surface area contributed by atoms with Gasteiger partial charge < -0.3 is 4.74 Å². The summed E-state index contributed by atoms with van der Waals surface area (Å²) < 4.78 is 35.6. The lowest BCUT2D eigenvalue weighted by Gasteiger charge is -2.28. The zero-order chi connectivity index (χ0) is 26.2. The minimum Gasteiger partial charge on any atom is -0.459 e. The Kier molecular flexibility index (Phi) is 9.27. The van der Waals surface area contributed by atoms with Crippen molar-refractivity contribution in [2.75, 3.05) is 0 Å². The molecule has 37 heavy (non-hydrogen) atoms. The van der Waals surface area contributed by atoms with Crippen LogP contribution < -0.4 is 0 Å². The molecule has 0 radical (unpaired) electrons. The number of hydrogen-bond acceptors (Lipinski definition) is 2. The molecule has 1 aliphatic rings. The molecule has 4 rings (SSSR count). The number of ether oxygens (including phenoxy) is 1. The zero-order valence-corrected chi connectivity index (χ0v) is 21.8. The van der Waals surface area contributed by atoms with Crippen LogP contribution in [0.4, 0.5) is 8.78 Å².